The van der Waals surface area contributed by atoms with Gasteiger partial charge in [-0.1, -0.05) is 23.9 Å². The lowest BCUT2D eigenvalue weighted by Crippen LogP contribution is -2.23. The lowest BCUT2D eigenvalue weighted by molar-refractivity contribution is 0.129. The standard InChI is InChI=1S/C19H16F2N2O2S/c20-12-7-8-17(15(21)10-12)23-18(24)14-5-1-2-6-16(14)22-19(23)26-11-13-4-3-9-25-13/h1-2,5-8,10,13H,3-4,9,11H2. The number of benzene rings is 2. The van der Waals surface area contributed by atoms with Gasteiger partial charge in [0.25, 0.3) is 5.56 Å². The summed E-state index contributed by atoms with van der Waals surface area (Å²) in [4.78, 5) is 17.5. The number of ether oxygens (including phenoxy) is 1. The SMILES string of the molecule is O=c1c2ccccc2nc(SCC2CCCO2)n1-c1ccc(F)cc1F. The van der Waals surface area contributed by atoms with E-state index in [2.05, 4.69) is 4.98 Å². The molecule has 0 N–H and O–H groups in total. The molecule has 1 aliphatic heterocycles. The van der Waals surface area contributed by atoms with Crippen molar-refractivity contribution in [3.63, 3.8) is 0 Å². The zero-order chi connectivity index (χ0) is 18.1. The molecule has 4 rings (SSSR count). The first kappa shape index (κ1) is 17.2. The lowest BCUT2D eigenvalue weighted by Gasteiger charge is -2.15. The lowest BCUT2D eigenvalue weighted by atomic mass is 10.2. The number of para-hydroxylation sites is 1. The Hall–Kier alpha value is -2.25. The maximum atomic E-state index is 14.4. The molecule has 0 bridgehead atoms. The number of nitrogens with zero attached hydrogens (tertiary/aromatic N) is 2. The molecule has 1 unspecified atom stereocenters. The summed E-state index contributed by atoms with van der Waals surface area (Å²) in [6, 6.07) is 10.1. The number of fused-ring (bicyclic) bond motifs is 1. The van der Waals surface area contributed by atoms with E-state index in [4.69, 9.17) is 4.74 Å². The summed E-state index contributed by atoms with van der Waals surface area (Å²) < 4.78 is 34.5. The smallest absolute Gasteiger partial charge is 0.266 e. The van der Waals surface area contributed by atoms with Gasteiger partial charge in [-0.25, -0.2) is 13.8 Å². The van der Waals surface area contributed by atoms with Crippen molar-refractivity contribution < 1.29 is 13.5 Å². The van der Waals surface area contributed by atoms with E-state index in [1.807, 2.05) is 0 Å². The van der Waals surface area contributed by atoms with E-state index in [-0.39, 0.29) is 17.4 Å². The van der Waals surface area contributed by atoms with Gasteiger partial charge in [0.1, 0.15) is 11.6 Å². The van der Waals surface area contributed by atoms with Crippen LogP contribution in [-0.4, -0.2) is 28.0 Å². The van der Waals surface area contributed by atoms with Crippen molar-refractivity contribution in [2.24, 2.45) is 0 Å². The van der Waals surface area contributed by atoms with Gasteiger partial charge >= 0.3 is 0 Å². The molecular weight excluding hydrogens is 358 g/mol. The maximum Gasteiger partial charge on any atom is 0.266 e. The first-order chi connectivity index (χ1) is 12.6. The van der Waals surface area contributed by atoms with Crippen LogP contribution in [0.4, 0.5) is 8.78 Å². The van der Waals surface area contributed by atoms with Gasteiger partial charge in [0, 0.05) is 18.4 Å². The summed E-state index contributed by atoms with van der Waals surface area (Å²) in [5, 5.41) is 0.757. The van der Waals surface area contributed by atoms with E-state index in [0.717, 1.165) is 31.6 Å². The zero-order valence-electron chi connectivity index (χ0n) is 13.8. The highest BCUT2D eigenvalue weighted by molar-refractivity contribution is 7.99. The second-order valence-corrected chi connectivity index (χ2v) is 7.08. The Morgan fingerprint density at radius 2 is 2.08 bits per heavy atom. The van der Waals surface area contributed by atoms with E-state index < -0.39 is 11.6 Å². The first-order valence-electron chi connectivity index (χ1n) is 8.35. The number of halogens is 2. The van der Waals surface area contributed by atoms with Gasteiger partial charge in [0.05, 0.1) is 22.7 Å². The van der Waals surface area contributed by atoms with Crippen molar-refractivity contribution in [2.75, 3.05) is 12.4 Å². The largest absolute Gasteiger partial charge is 0.377 e. The van der Waals surface area contributed by atoms with Crippen molar-refractivity contribution in [3.8, 4) is 5.69 Å². The normalized spacial score (nSPS) is 17.1. The fourth-order valence-corrected chi connectivity index (χ4v) is 4.10. The van der Waals surface area contributed by atoms with E-state index in [0.29, 0.717) is 21.8 Å². The van der Waals surface area contributed by atoms with Crippen LogP contribution in [-0.2, 0) is 4.74 Å². The molecule has 134 valence electrons. The summed E-state index contributed by atoms with van der Waals surface area (Å²) in [6.45, 7) is 0.732. The average Bonchev–Trinajstić information content (AvgIpc) is 3.15. The van der Waals surface area contributed by atoms with Crippen LogP contribution in [0.15, 0.2) is 52.4 Å². The van der Waals surface area contributed by atoms with Crippen LogP contribution in [0.5, 0.6) is 0 Å². The Balaban J connectivity index is 1.85. The quantitative estimate of drug-likeness (QED) is 0.513. The number of hydrogen-bond donors (Lipinski definition) is 0. The van der Waals surface area contributed by atoms with Gasteiger partial charge in [0.2, 0.25) is 0 Å². The predicted octanol–water partition coefficient (Wildman–Crippen LogP) is 3.94. The monoisotopic (exact) mass is 374 g/mol. The number of thioether (sulfide) groups is 1. The molecule has 1 atom stereocenters. The highest BCUT2D eigenvalue weighted by Gasteiger charge is 2.20. The molecule has 1 aromatic heterocycles. The molecule has 0 radical (unpaired) electrons. The van der Waals surface area contributed by atoms with Crippen LogP contribution in [0.1, 0.15) is 12.8 Å². The molecule has 1 fully saturated rings. The first-order valence-corrected chi connectivity index (χ1v) is 9.33. The number of rotatable bonds is 4. The van der Waals surface area contributed by atoms with E-state index >= 15 is 0 Å². The van der Waals surface area contributed by atoms with Crippen LogP contribution >= 0.6 is 11.8 Å². The molecule has 0 aliphatic carbocycles. The zero-order valence-corrected chi connectivity index (χ0v) is 14.6. The molecule has 0 saturated carbocycles. The second-order valence-electron chi connectivity index (χ2n) is 6.09. The minimum Gasteiger partial charge on any atom is -0.377 e. The van der Waals surface area contributed by atoms with Crippen LogP contribution in [0.3, 0.4) is 0 Å². The van der Waals surface area contributed by atoms with Crippen LogP contribution in [0, 0.1) is 11.6 Å². The third-order valence-electron chi connectivity index (χ3n) is 4.32. The van der Waals surface area contributed by atoms with Gasteiger partial charge < -0.3 is 4.74 Å². The molecule has 1 saturated heterocycles. The average molecular weight is 374 g/mol. The Labute approximate surface area is 152 Å². The van der Waals surface area contributed by atoms with Crippen LogP contribution in [0.2, 0.25) is 0 Å². The molecule has 2 heterocycles. The number of hydrogen-bond acceptors (Lipinski definition) is 4. The number of aromatic nitrogens is 2. The molecular formula is C19H16F2N2O2S. The molecule has 2 aromatic carbocycles. The third-order valence-corrected chi connectivity index (χ3v) is 5.39. The van der Waals surface area contributed by atoms with Crippen molar-refractivity contribution in [1.29, 1.82) is 0 Å². The second kappa shape index (κ2) is 7.17. The summed E-state index contributed by atoms with van der Waals surface area (Å²) in [5.41, 5.74) is 0.159. The van der Waals surface area contributed by atoms with Gasteiger partial charge in [-0.2, -0.15) is 0 Å². The molecule has 4 nitrogen and oxygen atoms in total. The molecule has 26 heavy (non-hydrogen) atoms. The molecule has 1 aliphatic rings. The van der Waals surface area contributed by atoms with Gasteiger partial charge in [-0.3, -0.25) is 9.36 Å². The van der Waals surface area contributed by atoms with Gasteiger partial charge in [-0.05, 0) is 37.1 Å². The van der Waals surface area contributed by atoms with E-state index in [1.54, 1.807) is 24.3 Å². The van der Waals surface area contributed by atoms with E-state index in [1.165, 1.54) is 22.4 Å². The van der Waals surface area contributed by atoms with Gasteiger partial charge in [-0.15, -0.1) is 0 Å². The van der Waals surface area contributed by atoms with Crippen molar-refractivity contribution >= 4 is 22.7 Å². The maximum absolute atomic E-state index is 14.4. The molecule has 3 aromatic rings. The van der Waals surface area contributed by atoms with Crippen molar-refractivity contribution in [1.82, 2.24) is 9.55 Å². The Bertz CT molecular complexity index is 1020. The molecule has 0 spiro atoms. The Kier molecular flexibility index (Phi) is 4.74. The predicted molar refractivity (Wildman–Crippen MR) is 97.0 cm³/mol. The highest BCUT2D eigenvalue weighted by atomic mass is 32.2. The minimum absolute atomic E-state index is 0.00973. The summed E-state index contributed by atoms with van der Waals surface area (Å²) in [6.07, 6.45) is 2.06. The van der Waals surface area contributed by atoms with Crippen LogP contribution in [0.25, 0.3) is 16.6 Å². The Morgan fingerprint density at radius 3 is 2.85 bits per heavy atom. The third kappa shape index (κ3) is 3.24. The summed E-state index contributed by atoms with van der Waals surface area (Å²) in [7, 11) is 0. The minimum atomic E-state index is -0.803. The fraction of sp³-hybridized carbons (Fsp3) is 0.263. The fourth-order valence-electron chi connectivity index (χ4n) is 3.03. The van der Waals surface area contributed by atoms with Crippen molar-refractivity contribution in [2.45, 2.75) is 24.1 Å². The molecule has 7 heteroatoms. The van der Waals surface area contributed by atoms with E-state index in [9.17, 15) is 13.6 Å². The highest BCUT2D eigenvalue weighted by Crippen LogP contribution is 2.26. The van der Waals surface area contributed by atoms with Crippen molar-refractivity contribution in [3.05, 3.63) is 64.5 Å². The summed E-state index contributed by atoms with van der Waals surface area (Å²) in [5.74, 6) is -0.877. The topological polar surface area (TPSA) is 44.1 Å². The summed E-state index contributed by atoms with van der Waals surface area (Å²) >= 11 is 1.35. The Morgan fingerprint density at radius 1 is 1.23 bits per heavy atom. The molecule has 0 amide bonds. The van der Waals surface area contributed by atoms with Gasteiger partial charge in [0.15, 0.2) is 5.16 Å². The van der Waals surface area contributed by atoms with Crippen LogP contribution < -0.4 is 5.56 Å².